The Morgan fingerprint density at radius 2 is 1.83 bits per heavy atom. The van der Waals surface area contributed by atoms with Crippen LogP contribution in [0.1, 0.15) is 52.8 Å². The number of carbonyl (C=O) groups is 1. The highest BCUT2D eigenvalue weighted by molar-refractivity contribution is 6.10. The molecule has 0 radical (unpaired) electrons. The van der Waals surface area contributed by atoms with Gasteiger partial charge in [0.1, 0.15) is 0 Å². The van der Waals surface area contributed by atoms with Crippen molar-refractivity contribution in [1.82, 2.24) is 15.1 Å². The molecule has 2 heterocycles. The molecular formula is C30H30N4O. The number of amides is 1. The number of benzene rings is 3. The molecule has 2 N–H and O–H groups in total. The van der Waals surface area contributed by atoms with E-state index in [-0.39, 0.29) is 11.8 Å². The zero-order chi connectivity index (χ0) is 24.2. The summed E-state index contributed by atoms with van der Waals surface area (Å²) >= 11 is 0. The fourth-order valence-electron chi connectivity index (χ4n) is 5.54. The Morgan fingerprint density at radius 1 is 1.03 bits per heavy atom. The Labute approximate surface area is 205 Å². The molecule has 1 fully saturated rings. The standard InChI is InChI=1S/C30H30N4O/c1-4-19-9-14-27-24(15-19)30(29(35)31-27)17-25(30)22-11-12-23-26(32-33-28(23)16-22)13-10-20-5-7-21(8-6-20)18-34(2)3/h5-16,25H,4,17-18H2,1-3H3,(H,31,35)(H,32,33). The Hall–Kier alpha value is -3.70. The molecule has 176 valence electrons. The van der Waals surface area contributed by atoms with Gasteiger partial charge in [-0.3, -0.25) is 9.89 Å². The number of nitrogens with zero attached hydrogens (tertiary/aromatic N) is 2. The zero-order valence-electron chi connectivity index (χ0n) is 20.4. The third-order valence-electron chi connectivity index (χ3n) is 7.52. The number of hydrogen-bond donors (Lipinski definition) is 2. The van der Waals surface area contributed by atoms with Gasteiger partial charge in [-0.2, -0.15) is 5.10 Å². The SMILES string of the molecule is CCc1ccc2c(c1)C1(CC1c1ccc3c(C=Cc4ccc(CN(C)C)cc4)n[nH]c3c1)C(=O)N2. The minimum atomic E-state index is -0.421. The minimum absolute atomic E-state index is 0.135. The summed E-state index contributed by atoms with van der Waals surface area (Å²) in [5.41, 5.74) is 8.56. The van der Waals surface area contributed by atoms with Crippen molar-refractivity contribution in [2.45, 2.75) is 37.6 Å². The normalized spacial score (nSPS) is 20.8. The first-order chi connectivity index (χ1) is 17.0. The summed E-state index contributed by atoms with van der Waals surface area (Å²) in [6, 6.07) is 21.5. The predicted molar refractivity (Wildman–Crippen MR) is 142 cm³/mol. The van der Waals surface area contributed by atoms with E-state index < -0.39 is 5.41 Å². The summed E-state index contributed by atoms with van der Waals surface area (Å²) in [5.74, 6) is 0.332. The molecule has 1 aliphatic carbocycles. The van der Waals surface area contributed by atoms with Gasteiger partial charge in [0.2, 0.25) is 5.91 Å². The van der Waals surface area contributed by atoms with E-state index in [2.05, 4.69) is 114 Å². The molecule has 2 atom stereocenters. The molecule has 1 aliphatic heterocycles. The molecule has 4 aromatic rings. The maximum absolute atomic E-state index is 13.0. The molecule has 35 heavy (non-hydrogen) atoms. The van der Waals surface area contributed by atoms with Crippen LogP contribution in [0.3, 0.4) is 0 Å². The number of hydrogen-bond acceptors (Lipinski definition) is 3. The van der Waals surface area contributed by atoms with Gasteiger partial charge in [0.05, 0.1) is 16.6 Å². The second-order valence-corrected chi connectivity index (χ2v) is 10.1. The molecule has 0 saturated heterocycles. The quantitative estimate of drug-likeness (QED) is 0.384. The van der Waals surface area contributed by atoms with Gasteiger partial charge in [-0.05, 0) is 73.0 Å². The molecule has 5 heteroatoms. The molecule has 3 aromatic carbocycles. The molecule has 2 aliphatic rings. The molecule has 1 spiro atoms. The van der Waals surface area contributed by atoms with E-state index in [0.717, 1.165) is 52.8 Å². The van der Waals surface area contributed by atoms with Gasteiger partial charge in [-0.15, -0.1) is 0 Å². The summed E-state index contributed by atoms with van der Waals surface area (Å²) in [7, 11) is 4.16. The summed E-state index contributed by atoms with van der Waals surface area (Å²) in [6.07, 6.45) is 5.99. The number of aromatic nitrogens is 2. The van der Waals surface area contributed by atoms with Gasteiger partial charge < -0.3 is 10.2 Å². The first-order valence-electron chi connectivity index (χ1n) is 12.3. The number of H-pyrrole nitrogens is 1. The fraction of sp³-hybridized carbons (Fsp3) is 0.267. The second-order valence-electron chi connectivity index (χ2n) is 10.1. The number of fused-ring (bicyclic) bond motifs is 3. The molecule has 6 rings (SSSR count). The van der Waals surface area contributed by atoms with Crippen LogP contribution in [0, 0.1) is 0 Å². The largest absolute Gasteiger partial charge is 0.325 e. The third kappa shape index (κ3) is 3.67. The molecule has 0 bridgehead atoms. The van der Waals surface area contributed by atoms with Crippen molar-refractivity contribution >= 4 is 34.6 Å². The van der Waals surface area contributed by atoms with Gasteiger partial charge in [0, 0.05) is 23.5 Å². The predicted octanol–water partition coefficient (Wildman–Crippen LogP) is 5.73. The first-order valence-corrected chi connectivity index (χ1v) is 12.3. The number of rotatable bonds is 6. The second kappa shape index (κ2) is 8.21. The van der Waals surface area contributed by atoms with Gasteiger partial charge in [-0.1, -0.05) is 61.5 Å². The van der Waals surface area contributed by atoms with Crippen LogP contribution in [0.15, 0.2) is 60.7 Å². The van der Waals surface area contributed by atoms with Crippen molar-refractivity contribution in [2.24, 2.45) is 0 Å². The van der Waals surface area contributed by atoms with Crippen LogP contribution in [0.2, 0.25) is 0 Å². The lowest BCUT2D eigenvalue weighted by atomic mass is 9.90. The summed E-state index contributed by atoms with van der Waals surface area (Å²) in [4.78, 5) is 15.2. The third-order valence-corrected chi connectivity index (χ3v) is 7.52. The van der Waals surface area contributed by atoms with Crippen LogP contribution in [-0.4, -0.2) is 35.1 Å². The minimum Gasteiger partial charge on any atom is -0.325 e. The topological polar surface area (TPSA) is 61.0 Å². The Kier molecular flexibility index (Phi) is 5.11. The number of aryl methyl sites for hydroxylation is 1. The summed E-state index contributed by atoms with van der Waals surface area (Å²) in [6.45, 7) is 3.09. The van der Waals surface area contributed by atoms with E-state index in [1.165, 1.54) is 16.7 Å². The van der Waals surface area contributed by atoms with E-state index in [0.29, 0.717) is 0 Å². The smallest absolute Gasteiger partial charge is 0.235 e. The average Bonchev–Trinajstić information content (AvgIpc) is 3.40. The van der Waals surface area contributed by atoms with E-state index in [4.69, 9.17) is 0 Å². The van der Waals surface area contributed by atoms with Crippen LogP contribution in [0.25, 0.3) is 23.1 Å². The lowest BCUT2D eigenvalue weighted by Crippen LogP contribution is -2.21. The highest BCUT2D eigenvalue weighted by atomic mass is 16.2. The number of nitrogens with one attached hydrogen (secondary N) is 2. The molecule has 5 nitrogen and oxygen atoms in total. The average molecular weight is 463 g/mol. The number of carbonyl (C=O) groups excluding carboxylic acids is 1. The van der Waals surface area contributed by atoms with E-state index in [1.54, 1.807) is 0 Å². The van der Waals surface area contributed by atoms with Crippen molar-refractivity contribution < 1.29 is 4.79 Å². The van der Waals surface area contributed by atoms with Crippen molar-refractivity contribution in [3.05, 3.63) is 94.2 Å². The first kappa shape index (κ1) is 21.8. The monoisotopic (exact) mass is 462 g/mol. The molecule has 1 saturated carbocycles. The van der Waals surface area contributed by atoms with Crippen molar-refractivity contribution in [1.29, 1.82) is 0 Å². The van der Waals surface area contributed by atoms with E-state index in [9.17, 15) is 4.79 Å². The number of aromatic amines is 1. The van der Waals surface area contributed by atoms with Crippen LogP contribution in [0.5, 0.6) is 0 Å². The molecular weight excluding hydrogens is 432 g/mol. The summed E-state index contributed by atoms with van der Waals surface area (Å²) in [5, 5.41) is 12.0. The van der Waals surface area contributed by atoms with Crippen molar-refractivity contribution in [3.8, 4) is 0 Å². The van der Waals surface area contributed by atoms with Gasteiger partial charge >= 0.3 is 0 Å². The van der Waals surface area contributed by atoms with Crippen molar-refractivity contribution in [2.75, 3.05) is 19.4 Å². The lowest BCUT2D eigenvalue weighted by molar-refractivity contribution is -0.118. The maximum Gasteiger partial charge on any atom is 0.235 e. The van der Waals surface area contributed by atoms with Crippen LogP contribution < -0.4 is 5.32 Å². The van der Waals surface area contributed by atoms with Gasteiger partial charge in [-0.25, -0.2) is 0 Å². The number of anilines is 1. The van der Waals surface area contributed by atoms with Crippen LogP contribution >= 0.6 is 0 Å². The fourth-order valence-corrected chi connectivity index (χ4v) is 5.54. The Bertz CT molecular complexity index is 1460. The molecule has 1 aromatic heterocycles. The van der Waals surface area contributed by atoms with Crippen molar-refractivity contribution in [3.63, 3.8) is 0 Å². The Balaban J connectivity index is 1.24. The van der Waals surface area contributed by atoms with E-state index >= 15 is 0 Å². The highest BCUT2D eigenvalue weighted by Gasteiger charge is 2.65. The molecule has 2 unspecified atom stereocenters. The lowest BCUT2D eigenvalue weighted by Gasteiger charge is -2.10. The van der Waals surface area contributed by atoms with Crippen LogP contribution in [-0.2, 0) is 23.2 Å². The zero-order valence-corrected chi connectivity index (χ0v) is 20.4. The highest BCUT2D eigenvalue weighted by Crippen LogP contribution is 2.65. The van der Waals surface area contributed by atoms with E-state index in [1.807, 2.05) is 0 Å². The maximum atomic E-state index is 13.0. The summed E-state index contributed by atoms with van der Waals surface area (Å²) < 4.78 is 0. The Morgan fingerprint density at radius 3 is 2.60 bits per heavy atom. The van der Waals surface area contributed by atoms with Gasteiger partial charge in [0.15, 0.2) is 0 Å². The van der Waals surface area contributed by atoms with Crippen LogP contribution in [0.4, 0.5) is 5.69 Å². The molecule has 1 amide bonds. The van der Waals surface area contributed by atoms with Gasteiger partial charge in [0.25, 0.3) is 0 Å².